The minimum absolute atomic E-state index is 0.562. The van der Waals surface area contributed by atoms with E-state index in [9.17, 15) is 0 Å². The third kappa shape index (κ3) is 2.42. The van der Waals surface area contributed by atoms with Crippen molar-refractivity contribution in [1.29, 1.82) is 0 Å². The summed E-state index contributed by atoms with van der Waals surface area (Å²) in [5, 5.41) is 4.03. The van der Waals surface area contributed by atoms with Crippen LogP contribution in [0.15, 0.2) is 18.3 Å². The molecule has 1 aliphatic rings. The lowest BCUT2D eigenvalue weighted by Crippen LogP contribution is -2.34. The molecule has 2 nitrogen and oxygen atoms in total. The SMILES string of the molecule is Clc1ccc(CNC2CCC2)cn1. The van der Waals surface area contributed by atoms with Gasteiger partial charge in [-0.05, 0) is 24.5 Å². The summed E-state index contributed by atoms with van der Waals surface area (Å²) in [6, 6.07) is 4.58. The molecule has 0 amide bonds. The largest absolute Gasteiger partial charge is 0.310 e. The average Bonchev–Trinajstić information content (AvgIpc) is 2.05. The van der Waals surface area contributed by atoms with E-state index >= 15 is 0 Å². The van der Waals surface area contributed by atoms with Crippen LogP contribution in [0.25, 0.3) is 0 Å². The van der Waals surface area contributed by atoms with E-state index < -0.39 is 0 Å². The van der Waals surface area contributed by atoms with Crippen molar-refractivity contribution in [1.82, 2.24) is 10.3 Å². The normalized spacial score (nSPS) is 17.0. The minimum Gasteiger partial charge on any atom is -0.310 e. The van der Waals surface area contributed by atoms with Gasteiger partial charge in [-0.1, -0.05) is 24.1 Å². The average molecular weight is 197 g/mol. The fraction of sp³-hybridized carbons (Fsp3) is 0.500. The zero-order chi connectivity index (χ0) is 9.10. The zero-order valence-corrected chi connectivity index (χ0v) is 8.22. The van der Waals surface area contributed by atoms with Gasteiger partial charge in [0.1, 0.15) is 5.15 Å². The molecule has 13 heavy (non-hydrogen) atoms. The van der Waals surface area contributed by atoms with Gasteiger partial charge < -0.3 is 5.32 Å². The van der Waals surface area contributed by atoms with E-state index in [1.165, 1.54) is 24.8 Å². The molecule has 70 valence electrons. The molecule has 0 saturated heterocycles. The highest BCUT2D eigenvalue weighted by Gasteiger charge is 2.15. The van der Waals surface area contributed by atoms with Crippen LogP contribution in [-0.4, -0.2) is 11.0 Å². The van der Waals surface area contributed by atoms with Crippen molar-refractivity contribution in [3.8, 4) is 0 Å². The van der Waals surface area contributed by atoms with Crippen LogP contribution in [0.4, 0.5) is 0 Å². The second kappa shape index (κ2) is 4.07. The molecular formula is C10H13ClN2. The Labute approximate surface area is 83.3 Å². The predicted molar refractivity (Wildman–Crippen MR) is 53.7 cm³/mol. The van der Waals surface area contributed by atoms with Crippen molar-refractivity contribution in [2.24, 2.45) is 0 Å². The van der Waals surface area contributed by atoms with Gasteiger partial charge >= 0.3 is 0 Å². The van der Waals surface area contributed by atoms with Crippen molar-refractivity contribution < 1.29 is 0 Å². The van der Waals surface area contributed by atoms with Crippen molar-refractivity contribution in [3.63, 3.8) is 0 Å². The van der Waals surface area contributed by atoms with Gasteiger partial charge in [0.25, 0.3) is 0 Å². The lowest BCUT2D eigenvalue weighted by Gasteiger charge is -2.26. The molecule has 1 aromatic rings. The van der Waals surface area contributed by atoms with E-state index in [2.05, 4.69) is 10.3 Å². The molecule has 0 aromatic carbocycles. The van der Waals surface area contributed by atoms with Gasteiger partial charge in [-0.3, -0.25) is 0 Å². The molecule has 2 rings (SSSR count). The molecule has 3 heteroatoms. The first kappa shape index (κ1) is 8.97. The Morgan fingerprint density at radius 3 is 2.85 bits per heavy atom. The van der Waals surface area contributed by atoms with Crippen molar-refractivity contribution in [2.75, 3.05) is 0 Å². The molecule has 0 spiro atoms. The highest BCUT2D eigenvalue weighted by molar-refractivity contribution is 6.29. The molecule has 1 saturated carbocycles. The van der Waals surface area contributed by atoms with Crippen LogP contribution in [0.3, 0.4) is 0 Å². The van der Waals surface area contributed by atoms with Crippen LogP contribution in [0, 0.1) is 0 Å². The van der Waals surface area contributed by atoms with Crippen LogP contribution in [-0.2, 0) is 6.54 Å². The van der Waals surface area contributed by atoms with Gasteiger partial charge in [0.2, 0.25) is 0 Å². The van der Waals surface area contributed by atoms with E-state index in [4.69, 9.17) is 11.6 Å². The molecule has 0 bridgehead atoms. The molecule has 0 unspecified atom stereocenters. The van der Waals surface area contributed by atoms with Gasteiger partial charge in [-0.25, -0.2) is 4.98 Å². The predicted octanol–water partition coefficient (Wildman–Crippen LogP) is 2.38. The molecule has 1 heterocycles. The van der Waals surface area contributed by atoms with E-state index in [1.54, 1.807) is 0 Å². The zero-order valence-electron chi connectivity index (χ0n) is 7.46. The van der Waals surface area contributed by atoms with Crippen molar-refractivity contribution in [2.45, 2.75) is 31.8 Å². The number of nitrogens with zero attached hydrogens (tertiary/aromatic N) is 1. The molecule has 1 fully saturated rings. The van der Waals surface area contributed by atoms with Gasteiger partial charge in [-0.15, -0.1) is 0 Å². The fourth-order valence-electron chi connectivity index (χ4n) is 1.39. The lowest BCUT2D eigenvalue weighted by atomic mass is 9.93. The standard InChI is InChI=1S/C10H13ClN2/c11-10-5-4-8(7-13-10)6-12-9-2-1-3-9/h4-5,7,9,12H,1-3,6H2. The molecule has 1 aromatic heterocycles. The summed E-state index contributed by atoms with van der Waals surface area (Å²) in [5.41, 5.74) is 1.20. The third-order valence-corrected chi connectivity index (χ3v) is 2.71. The third-order valence-electron chi connectivity index (χ3n) is 2.49. The van der Waals surface area contributed by atoms with Gasteiger partial charge in [-0.2, -0.15) is 0 Å². The monoisotopic (exact) mass is 196 g/mol. The second-order valence-electron chi connectivity index (χ2n) is 3.50. The summed E-state index contributed by atoms with van der Waals surface area (Å²) >= 11 is 5.68. The Bertz CT molecular complexity index is 267. The van der Waals surface area contributed by atoms with Gasteiger partial charge in [0.15, 0.2) is 0 Å². The lowest BCUT2D eigenvalue weighted by molar-refractivity contribution is 0.338. The van der Waals surface area contributed by atoms with Crippen LogP contribution in [0.5, 0.6) is 0 Å². The van der Waals surface area contributed by atoms with E-state index in [-0.39, 0.29) is 0 Å². The maximum atomic E-state index is 5.68. The van der Waals surface area contributed by atoms with Crippen LogP contribution < -0.4 is 5.32 Å². The van der Waals surface area contributed by atoms with E-state index in [0.29, 0.717) is 5.15 Å². The molecule has 0 aliphatic heterocycles. The Morgan fingerprint density at radius 1 is 1.46 bits per heavy atom. The summed E-state index contributed by atoms with van der Waals surface area (Å²) < 4.78 is 0. The molecular weight excluding hydrogens is 184 g/mol. The first-order chi connectivity index (χ1) is 6.34. The maximum absolute atomic E-state index is 5.68. The first-order valence-electron chi connectivity index (χ1n) is 4.68. The fourth-order valence-corrected chi connectivity index (χ4v) is 1.50. The van der Waals surface area contributed by atoms with E-state index in [0.717, 1.165) is 12.6 Å². The first-order valence-corrected chi connectivity index (χ1v) is 5.06. The van der Waals surface area contributed by atoms with E-state index in [1.807, 2.05) is 18.3 Å². The highest BCUT2D eigenvalue weighted by atomic mass is 35.5. The molecule has 0 atom stereocenters. The number of aromatic nitrogens is 1. The van der Waals surface area contributed by atoms with Crippen LogP contribution in [0.2, 0.25) is 5.15 Å². The number of halogens is 1. The van der Waals surface area contributed by atoms with Gasteiger partial charge in [0.05, 0.1) is 0 Å². The Morgan fingerprint density at radius 2 is 2.31 bits per heavy atom. The summed E-state index contributed by atoms with van der Waals surface area (Å²) in [4.78, 5) is 4.03. The summed E-state index contributed by atoms with van der Waals surface area (Å²) in [6.45, 7) is 0.912. The molecule has 1 aliphatic carbocycles. The van der Waals surface area contributed by atoms with Crippen LogP contribution >= 0.6 is 11.6 Å². The molecule has 1 N–H and O–H groups in total. The minimum atomic E-state index is 0.562. The number of hydrogen-bond acceptors (Lipinski definition) is 2. The number of rotatable bonds is 3. The summed E-state index contributed by atoms with van der Waals surface area (Å²) in [6.07, 6.45) is 5.84. The van der Waals surface area contributed by atoms with Crippen LogP contribution in [0.1, 0.15) is 24.8 Å². The number of hydrogen-bond donors (Lipinski definition) is 1. The summed E-state index contributed by atoms with van der Waals surface area (Å²) in [5.74, 6) is 0. The quantitative estimate of drug-likeness (QED) is 0.751. The highest BCUT2D eigenvalue weighted by Crippen LogP contribution is 2.18. The molecule has 0 radical (unpaired) electrons. The summed E-state index contributed by atoms with van der Waals surface area (Å²) in [7, 11) is 0. The Kier molecular flexibility index (Phi) is 2.81. The van der Waals surface area contributed by atoms with Crippen molar-refractivity contribution >= 4 is 11.6 Å². The smallest absolute Gasteiger partial charge is 0.129 e. The topological polar surface area (TPSA) is 24.9 Å². The second-order valence-corrected chi connectivity index (χ2v) is 3.89. The Hall–Kier alpha value is -0.600. The maximum Gasteiger partial charge on any atom is 0.129 e. The van der Waals surface area contributed by atoms with Gasteiger partial charge in [0, 0.05) is 18.8 Å². The number of pyridine rings is 1. The Balaban J connectivity index is 1.83. The number of nitrogens with one attached hydrogen (secondary N) is 1. The van der Waals surface area contributed by atoms with Crippen molar-refractivity contribution in [3.05, 3.63) is 29.0 Å².